The summed E-state index contributed by atoms with van der Waals surface area (Å²) in [5.74, 6) is -0.103. The Bertz CT molecular complexity index is 541. The molecule has 0 spiro atoms. The summed E-state index contributed by atoms with van der Waals surface area (Å²) < 4.78 is 0.891. The van der Waals surface area contributed by atoms with E-state index < -0.39 is 0 Å². The number of halogens is 1. The summed E-state index contributed by atoms with van der Waals surface area (Å²) in [5, 5.41) is 3.33. The first-order valence-corrected chi connectivity index (χ1v) is 6.58. The molecular weight excluding hydrogens is 302 g/mol. The minimum atomic E-state index is -0.103. The standard InChI is InChI=1S/C11H10BrN3OS/c1-7-3-2-4-13-8(7)5-10(16)15-11-14-6-9(12)17-11/h2-4,6H,5H2,1H3,(H,14,15,16). The molecule has 0 saturated heterocycles. The molecule has 0 saturated carbocycles. The molecule has 2 aromatic rings. The van der Waals surface area contributed by atoms with Crippen molar-refractivity contribution in [2.24, 2.45) is 0 Å². The Morgan fingerprint density at radius 2 is 2.35 bits per heavy atom. The van der Waals surface area contributed by atoms with Crippen molar-refractivity contribution >= 4 is 38.3 Å². The van der Waals surface area contributed by atoms with Crippen LogP contribution in [0.25, 0.3) is 0 Å². The summed E-state index contributed by atoms with van der Waals surface area (Å²) in [5.41, 5.74) is 1.81. The van der Waals surface area contributed by atoms with Gasteiger partial charge in [0.2, 0.25) is 5.91 Å². The zero-order chi connectivity index (χ0) is 12.3. The van der Waals surface area contributed by atoms with Crippen molar-refractivity contribution in [2.45, 2.75) is 13.3 Å². The fraction of sp³-hybridized carbons (Fsp3) is 0.182. The number of pyridine rings is 1. The molecule has 2 rings (SSSR count). The van der Waals surface area contributed by atoms with Crippen LogP contribution in [0.5, 0.6) is 0 Å². The molecule has 0 unspecified atom stereocenters. The average Bonchev–Trinajstić information content (AvgIpc) is 2.67. The third kappa shape index (κ3) is 3.34. The van der Waals surface area contributed by atoms with Gasteiger partial charge in [0.1, 0.15) is 0 Å². The first-order chi connectivity index (χ1) is 8.15. The summed E-state index contributed by atoms with van der Waals surface area (Å²) >= 11 is 4.68. The number of aryl methyl sites for hydroxylation is 1. The molecule has 17 heavy (non-hydrogen) atoms. The van der Waals surface area contributed by atoms with Gasteiger partial charge in [0.25, 0.3) is 0 Å². The van der Waals surface area contributed by atoms with Gasteiger partial charge in [-0.05, 0) is 34.5 Å². The Morgan fingerprint density at radius 1 is 1.53 bits per heavy atom. The molecule has 2 heterocycles. The number of hydrogen-bond donors (Lipinski definition) is 1. The molecule has 6 heteroatoms. The number of nitrogens with one attached hydrogen (secondary N) is 1. The monoisotopic (exact) mass is 311 g/mol. The zero-order valence-electron chi connectivity index (χ0n) is 9.11. The molecule has 0 atom stereocenters. The van der Waals surface area contributed by atoms with Crippen LogP contribution in [-0.4, -0.2) is 15.9 Å². The number of anilines is 1. The molecule has 4 nitrogen and oxygen atoms in total. The van der Waals surface area contributed by atoms with Crippen LogP contribution in [0, 0.1) is 6.92 Å². The maximum absolute atomic E-state index is 11.7. The van der Waals surface area contributed by atoms with Gasteiger partial charge in [0.05, 0.1) is 22.1 Å². The van der Waals surface area contributed by atoms with Crippen LogP contribution in [0.4, 0.5) is 5.13 Å². The Labute approximate surface area is 111 Å². The van der Waals surface area contributed by atoms with E-state index in [0.29, 0.717) is 5.13 Å². The maximum Gasteiger partial charge on any atom is 0.232 e. The van der Waals surface area contributed by atoms with Gasteiger partial charge < -0.3 is 5.32 Å². The van der Waals surface area contributed by atoms with E-state index in [1.165, 1.54) is 11.3 Å². The molecule has 0 fully saturated rings. The van der Waals surface area contributed by atoms with Gasteiger partial charge in [0.15, 0.2) is 5.13 Å². The quantitative estimate of drug-likeness (QED) is 0.948. The van der Waals surface area contributed by atoms with Crippen LogP contribution in [0.3, 0.4) is 0 Å². The lowest BCUT2D eigenvalue weighted by Crippen LogP contribution is -2.15. The van der Waals surface area contributed by atoms with E-state index >= 15 is 0 Å². The van der Waals surface area contributed by atoms with Gasteiger partial charge in [-0.3, -0.25) is 9.78 Å². The number of thiazole rings is 1. The van der Waals surface area contributed by atoms with E-state index in [-0.39, 0.29) is 12.3 Å². The Morgan fingerprint density at radius 3 is 3.00 bits per heavy atom. The molecule has 0 aromatic carbocycles. The van der Waals surface area contributed by atoms with Crippen LogP contribution in [0.15, 0.2) is 28.3 Å². The predicted octanol–water partition coefficient (Wildman–Crippen LogP) is 2.79. The van der Waals surface area contributed by atoms with Crippen molar-refractivity contribution in [3.8, 4) is 0 Å². The van der Waals surface area contributed by atoms with Crippen molar-refractivity contribution in [1.29, 1.82) is 0 Å². The van der Waals surface area contributed by atoms with E-state index in [4.69, 9.17) is 0 Å². The van der Waals surface area contributed by atoms with Gasteiger partial charge in [-0.15, -0.1) is 0 Å². The number of aromatic nitrogens is 2. The van der Waals surface area contributed by atoms with Gasteiger partial charge in [-0.1, -0.05) is 17.4 Å². The van der Waals surface area contributed by atoms with Gasteiger partial charge in [0, 0.05) is 6.20 Å². The second kappa shape index (κ2) is 5.37. The minimum Gasteiger partial charge on any atom is -0.302 e. The third-order valence-electron chi connectivity index (χ3n) is 2.17. The van der Waals surface area contributed by atoms with Crippen molar-refractivity contribution < 1.29 is 4.79 Å². The van der Waals surface area contributed by atoms with Crippen LogP contribution in [0.1, 0.15) is 11.3 Å². The average molecular weight is 312 g/mol. The molecule has 0 bridgehead atoms. The summed E-state index contributed by atoms with van der Waals surface area (Å²) in [6, 6.07) is 3.80. The second-order valence-electron chi connectivity index (χ2n) is 3.46. The van der Waals surface area contributed by atoms with Gasteiger partial charge in [-0.2, -0.15) is 0 Å². The summed E-state index contributed by atoms with van der Waals surface area (Å²) in [7, 11) is 0. The number of rotatable bonds is 3. The predicted molar refractivity (Wildman–Crippen MR) is 71.1 cm³/mol. The van der Waals surface area contributed by atoms with E-state index in [0.717, 1.165) is 15.0 Å². The highest BCUT2D eigenvalue weighted by molar-refractivity contribution is 9.11. The van der Waals surface area contributed by atoms with Crippen LogP contribution < -0.4 is 5.32 Å². The molecule has 0 aliphatic heterocycles. The zero-order valence-corrected chi connectivity index (χ0v) is 11.5. The molecule has 2 aromatic heterocycles. The Kier molecular flexibility index (Phi) is 3.86. The highest BCUT2D eigenvalue weighted by atomic mass is 79.9. The van der Waals surface area contributed by atoms with Crippen molar-refractivity contribution in [1.82, 2.24) is 9.97 Å². The first-order valence-electron chi connectivity index (χ1n) is 4.97. The molecule has 0 radical (unpaired) electrons. The smallest absolute Gasteiger partial charge is 0.232 e. The van der Waals surface area contributed by atoms with E-state index in [2.05, 4.69) is 31.2 Å². The van der Waals surface area contributed by atoms with Gasteiger partial charge >= 0.3 is 0 Å². The van der Waals surface area contributed by atoms with E-state index in [1.807, 2.05) is 19.1 Å². The summed E-state index contributed by atoms with van der Waals surface area (Å²) in [6.45, 7) is 1.94. The fourth-order valence-corrected chi connectivity index (χ4v) is 2.45. The molecule has 0 aliphatic rings. The lowest BCUT2D eigenvalue weighted by molar-refractivity contribution is -0.115. The molecule has 1 amide bonds. The van der Waals surface area contributed by atoms with E-state index in [9.17, 15) is 4.79 Å². The molecule has 0 aliphatic carbocycles. The number of carbonyl (C=O) groups excluding carboxylic acids is 1. The first kappa shape index (κ1) is 12.2. The minimum absolute atomic E-state index is 0.103. The lowest BCUT2D eigenvalue weighted by atomic mass is 10.1. The van der Waals surface area contributed by atoms with Crippen LogP contribution >= 0.6 is 27.3 Å². The topological polar surface area (TPSA) is 54.9 Å². The number of amides is 1. The molecule has 1 N–H and O–H groups in total. The van der Waals surface area contributed by atoms with Crippen molar-refractivity contribution in [3.63, 3.8) is 0 Å². The Hall–Kier alpha value is -1.27. The summed E-state index contributed by atoms with van der Waals surface area (Å²) in [4.78, 5) is 20.0. The van der Waals surface area contributed by atoms with Crippen molar-refractivity contribution in [2.75, 3.05) is 5.32 Å². The number of nitrogens with zero attached hydrogens (tertiary/aromatic N) is 2. The highest BCUT2D eigenvalue weighted by Crippen LogP contribution is 2.23. The normalized spacial score (nSPS) is 10.2. The van der Waals surface area contributed by atoms with Crippen LogP contribution in [-0.2, 0) is 11.2 Å². The highest BCUT2D eigenvalue weighted by Gasteiger charge is 2.09. The number of carbonyl (C=O) groups is 1. The molecule has 88 valence electrons. The number of hydrogen-bond acceptors (Lipinski definition) is 4. The second-order valence-corrected chi connectivity index (χ2v) is 5.87. The summed E-state index contributed by atoms with van der Waals surface area (Å²) in [6.07, 6.45) is 3.62. The van der Waals surface area contributed by atoms with Gasteiger partial charge in [-0.25, -0.2) is 4.98 Å². The van der Waals surface area contributed by atoms with Crippen molar-refractivity contribution in [3.05, 3.63) is 39.6 Å². The fourth-order valence-electron chi connectivity index (χ4n) is 1.33. The SMILES string of the molecule is Cc1cccnc1CC(=O)Nc1ncc(Br)s1. The molecular formula is C11H10BrN3OS. The van der Waals surface area contributed by atoms with E-state index in [1.54, 1.807) is 12.4 Å². The lowest BCUT2D eigenvalue weighted by Gasteiger charge is -2.03. The largest absolute Gasteiger partial charge is 0.302 e. The Balaban J connectivity index is 2.01. The maximum atomic E-state index is 11.7. The third-order valence-corrected chi connectivity index (χ3v) is 3.56. The van der Waals surface area contributed by atoms with Crippen LogP contribution in [0.2, 0.25) is 0 Å².